The van der Waals surface area contributed by atoms with Gasteiger partial charge in [0.2, 0.25) is 5.96 Å². The van der Waals surface area contributed by atoms with E-state index in [0.717, 1.165) is 16.8 Å². The van der Waals surface area contributed by atoms with Gasteiger partial charge in [0.25, 0.3) is 0 Å². The molecule has 0 saturated heterocycles. The molecule has 0 saturated carbocycles. The number of phenolic OH excluding ortho intramolecular Hbond substituents is 1. The number of benzene rings is 2. The lowest BCUT2D eigenvalue weighted by Crippen LogP contribution is -2.41. The molecule has 33 heavy (non-hydrogen) atoms. The third kappa shape index (κ3) is 4.04. The first-order valence-corrected chi connectivity index (χ1v) is 11.0. The quantitative estimate of drug-likeness (QED) is 0.533. The second-order valence-corrected chi connectivity index (χ2v) is 9.11. The van der Waals surface area contributed by atoms with Gasteiger partial charge in [0.1, 0.15) is 11.6 Å². The number of aromatic hydroxyl groups is 1. The molecule has 1 aliphatic heterocycles. The highest BCUT2D eigenvalue weighted by molar-refractivity contribution is 6.03. The number of carbonyl (C=O) groups excluding carboxylic acids is 1. The Kier molecular flexibility index (Phi) is 5.08. The number of ketones is 1. The minimum Gasteiger partial charge on any atom is -0.504 e. The summed E-state index contributed by atoms with van der Waals surface area (Å²) in [4.78, 5) is 22.5. The van der Waals surface area contributed by atoms with Crippen molar-refractivity contribution in [3.63, 3.8) is 0 Å². The van der Waals surface area contributed by atoms with Gasteiger partial charge in [-0.1, -0.05) is 32.0 Å². The zero-order valence-electron chi connectivity index (χ0n) is 18.8. The fraction of sp³-hybridized carbons (Fsp3) is 0.320. The van der Waals surface area contributed by atoms with Gasteiger partial charge in [-0.2, -0.15) is 4.98 Å². The summed E-state index contributed by atoms with van der Waals surface area (Å²) in [6, 6.07) is 12.4. The van der Waals surface area contributed by atoms with E-state index in [0.29, 0.717) is 48.3 Å². The van der Waals surface area contributed by atoms with Crippen molar-refractivity contribution in [1.82, 2.24) is 10.3 Å². The molecule has 2 aromatic carbocycles. The van der Waals surface area contributed by atoms with E-state index < -0.39 is 6.04 Å². The molecule has 0 spiro atoms. The Morgan fingerprint density at radius 1 is 1.24 bits per heavy atom. The Bertz CT molecular complexity index is 1270. The van der Waals surface area contributed by atoms with Crippen LogP contribution in [0.4, 0.5) is 6.01 Å². The van der Waals surface area contributed by atoms with E-state index in [4.69, 9.17) is 14.1 Å². The van der Waals surface area contributed by atoms with Gasteiger partial charge in [0, 0.05) is 17.7 Å². The predicted molar refractivity (Wildman–Crippen MR) is 125 cm³/mol. The Morgan fingerprint density at radius 3 is 2.85 bits per heavy atom. The molecule has 3 N–H and O–H groups in total. The van der Waals surface area contributed by atoms with Crippen molar-refractivity contribution in [2.75, 3.05) is 11.9 Å². The Morgan fingerprint density at radius 2 is 2.06 bits per heavy atom. The summed E-state index contributed by atoms with van der Waals surface area (Å²) in [5, 5.41) is 16.6. The molecule has 1 aliphatic carbocycles. The molecule has 0 bridgehead atoms. The van der Waals surface area contributed by atoms with E-state index in [-0.39, 0.29) is 16.9 Å². The van der Waals surface area contributed by atoms with Crippen molar-refractivity contribution in [2.24, 2.45) is 10.4 Å². The zero-order chi connectivity index (χ0) is 23.2. The summed E-state index contributed by atoms with van der Waals surface area (Å²) in [6.45, 7) is 6.43. The standard InChI is InChI=1S/C25H26N4O4/c1-4-32-20-11-14(9-10-17(20)30)22-21-16(12-25(2,3)13-18(21)31)26-23(28-22)29-24-27-15-7-5-6-8-19(15)33-24/h5-11,22,30H,4,12-13H2,1-3H3,(H2,26,27,28,29). The molecule has 3 aromatic rings. The minimum atomic E-state index is -0.545. The smallest absolute Gasteiger partial charge is 0.302 e. The van der Waals surface area contributed by atoms with E-state index in [1.807, 2.05) is 31.2 Å². The minimum absolute atomic E-state index is 0.0497. The molecule has 170 valence electrons. The molecule has 8 nitrogen and oxygen atoms in total. The first kappa shape index (κ1) is 21.1. The number of para-hydroxylation sites is 2. The molecule has 0 fully saturated rings. The number of aliphatic imine (C=N–C) groups is 1. The highest BCUT2D eigenvalue weighted by atomic mass is 16.5. The Balaban J connectivity index is 1.56. The van der Waals surface area contributed by atoms with Crippen molar-refractivity contribution in [2.45, 2.75) is 39.7 Å². The number of aromatic nitrogens is 1. The molecule has 0 radical (unpaired) electrons. The number of oxazole rings is 1. The first-order chi connectivity index (χ1) is 15.8. The van der Waals surface area contributed by atoms with E-state index in [1.54, 1.807) is 18.2 Å². The summed E-state index contributed by atoms with van der Waals surface area (Å²) < 4.78 is 11.4. The van der Waals surface area contributed by atoms with Crippen LogP contribution in [0.2, 0.25) is 0 Å². The van der Waals surface area contributed by atoms with E-state index in [2.05, 4.69) is 29.5 Å². The van der Waals surface area contributed by atoms with Crippen LogP contribution >= 0.6 is 0 Å². The van der Waals surface area contributed by atoms with Crippen molar-refractivity contribution in [3.05, 3.63) is 59.3 Å². The summed E-state index contributed by atoms with van der Waals surface area (Å²) >= 11 is 0. The van der Waals surface area contributed by atoms with Gasteiger partial charge in [-0.25, -0.2) is 4.99 Å². The maximum atomic E-state index is 13.2. The fourth-order valence-electron chi connectivity index (χ4n) is 4.44. The largest absolute Gasteiger partial charge is 0.504 e. The number of fused-ring (bicyclic) bond motifs is 1. The fourth-order valence-corrected chi connectivity index (χ4v) is 4.44. The second kappa shape index (κ2) is 7.95. The molecule has 2 heterocycles. The van der Waals surface area contributed by atoms with Gasteiger partial charge in [-0.3, -0.25) is 10.1 Å². The van der Waals surface area contributed by atoms with Crippen LogP contribution in [-0.4, -0.2) is 28.4 Å². The van der Waals surface area contributed by atoms with Gasteiger partial charge in [0.15, 0.2) is 22.9 Å². The van der Waals surface area contributed by atoms with E-state index >= 15 is 0 Å². The van der Waals surface area contributed by atoms with Crippen molar-refractivity contribution in [1.29, 1.82) is 0 Å². The first-order valence-electron chi connectivity index (χ1n) is 11.0. The summed E-state index contributed by atoms with van der Waals surface area (Å²) in [5.74, 6) is 0.924. The monoisotopic (exact) mass is 446 g/mol. The maximum Gasteiger partial charge on any atom is 0.302 e. The van der Waals surface area contributed by atoms with Gasteiger partial charge in [0.05, 0.1) is 6.61 Å². The molecule has 8 heteroatoms. The summed E-state index contributed by atoms with van der Waals surface area (Å²) in [6.07, 6.45) is 1.15. The van der Waals surface area contributed by atoms with Crippen LogP contribution in [0.5, 0.6) is 11.5 Å². The van der Waals surface area contributed by atoms with Crippen LogP contribution in [0, 0.1) is 5.41 Å². The van der Waals surface area contributed by atoms with Gasteiger partial charge < -0.3 is 19.6 Å². The lowest BCUT2D eigenvalue weighted by atomic mass is 9.73. The number of carbonyl (C=O) groups is 1. The van der Waals surface area contributed by atoms with Crippen molar-refractivity contribution >= 4 is 28.9 Å². The summed E-state index contributed by atoms with van der Waals surface area (Å²) in [7, 11) is 0. The predicted octanol–water partition coefficient (Wildman–Crippen LogP) is 4.69. The molecule has 2 aliphatic rings. The SMILES string of the molecule is CCOc1cc(C2N=C(Nc3nc4ccccc4o3)NC3=C2C(=O)CC(C)(C)C3)ccc1O. The molecule has 0 amide bonds. The van der Waals surface area contributed by atoms with Crippen LogP contribution in [0.1, 0.15) is 45.2 Å². The third-order valence-corrected chi connectivity index (χ3v) is 5.84. The maximum absolute atomic E-state index is 13.2. The van der Waals surface area contributed by atoms with E-state index in [9.17, 15) is 9.90 Å². The van der Waals surface area contributed by atoms with E-state index in [1.165, 1.54) is 0 Å². The van der Waals surface area contributed by atoms with Crippen molar-refractivity contribution < 1.29 is 19.1 Å². The van der Waals surface area contributed by atoms with Crippen LogP contribution in [0.25, 0.3) is 11.1 Å². The van der Waals surface area contributed by atoms with Crippen LogP contribution < -0.4 is 15.4 Å². The number of phenols is 1. The number of anilines is 1. The van der Waals surface area contributed by atoms with Gasteiger partial charge >= 0.3 is 6.01 Å². The number of Topliss-reactive ketones (excluding diaryl/α,β-unsaturated/α-hetero) is 1. The number of allylic oxidation sites excluding steroid dienone is 1. The molecule has 5 rings (SSSR count). The molecular formula is C25H26N4O4. The topological polar surface area (TPSA) is 109 Å². The zero-order valence-corrected chi connectivity index (χ0v) is 18.8. The van der Waals surface area contributed by atoms with Crippen LogP contribution in [0.3, 0.4) is 0 Å². The number of hydrogen-bond donors (Lipinski definition) is 3. The highest BCUT2D eigenvalue weighted by Crippen LogP contribution is 2.44. The number of guanidine groups is 1. The number of hydrogen-bond acceptors (Lipinski definition) is 8. The molecule has 1 unspecified atom stereocenters. The van der Waals surface area contributed by atoms with Gasteiger partial charge in [-0.15, -0.1) is 0 Å². The lowest BCUT2D eigenvalue weighted by Gasteiger charge is -2.37. The van der Waals surface area contributed by atoms with Gasteiger partial charge in [-0.05, 0) is 48.6 Å². The van der Waals surface area contributed by atoms with Crippen LogP contribution in [0.15, 0.2) is 63.1 Å². The second-order valence-electron chi connectivity index (χ2n) is 9.11. The Labute approximate surface area is 191 Å². The Hall–Kier alpha value is -3.81. The normalized spacial score (nSPS) is 19.7. The third-order valence-electron chi connectivity index (χ3n) is 5.84. The lowest BCUT2D eigenvalue weighted by molar-refractivity contribution is -0.118. The molecular weight excluding hydrogens is 420 g/mol. The van der Waals surface area contributed by atoms with Crippen molar-refractivity contribution in [3.8, 4) is 11.5 Å². The number of nitrogens with zero attached hydrogens (tertiary/aromatic N) is 2. The highest BCUT2D eigenvalue weighted by Gasteiger charge is 2.39. The number of nitrogens with one attached hydrogen (secondary N) is 2. The number of rotatable bonds is 4. The molecule has 1 atom stereocenters. The summed E-state index contributed by atoms with van der Waals surface area (Å²) in [5.41, 5.74) is 3.48. The molecule has 1 aromatic heterocycles. The van der Waals surface area contributed by atoms with Crippen LogP contribution in [-0.2, 0) is 4.79 Å². The number of ether oxygens (including phenoxy) is 1. The average molecular weight is 447 g/mol. The average Bonchev–Trinajstić information content (AvgIpc) is 3.16.